The molecule has 4 rings (SSSR count). The first-order valence-corrected chi connectivity index (χ1v) is 9.23. The lowest BCUT2D eigenvalue weighted by atomic mass is 10.1. The van der Waals surface area contributed by atoms with Crippen LogP contribution in [0.5, 0.6) is 0 Å². The zero-order valence-corrected chi connectivity index (χ0v) is 15.5. The van der Waals surface area contributed by atoms with E-state index in [4.69, 9.17) is 16.0 Å². The van der Waals surface area contributed by atoms with Crippen molar-refractivity contribution in [1.82, 2.24) is 4.90 Å². The van der Waals surface area contributed by atoms with Gasteiger partial charge in [-0.1, -0.05) is 29.8 Å². The predicted molar refractivity (Wildman–Crippen MR) is 106 cm³/mol. The summed E-state index contributed by atoms with van der Waals surface area (Å²) in [4.78, 5) is 16.7. The average Bonchev–Trinajstić information content (AvgIpc) is 2.65. The second kappa shape index (κ2) is 7.14. The molecule has 1 fully saturated rings. The Balaban J connectivity index is 1.53. The highest BCUT2D eigenvalue weighted by Crippen LogP contribution is 2.26. The molecule has 0 unspecified atom stereocenters. The van der Waals surface area contributed by atoms with Gasteiger partial charge in [-0.2, -0.15) is 0 Å². The monoisotopic (exact) mass is 368 g/mol. The van der Waals surface area contributed by atoms with Crippen molar-refractivity contribution >= 4 is 28.3 Å². The first-order chi connectivity index (χ1) is 12.6. The third kappa shape index (κ3) is 3.48. The molecule has 0 bridgehead atoms. The summed E-state index contributed by atoms with van der Waals surface area (Å²) < 4.78 is 5.36. The molecular weight excluding hydrogens is 348 g/mol. The van der Waals surface area contributed by atoms with Gasteiger partial charge < -0.3 is 9.32 Å². The number of anilines is 1. The fourth-order valence-corrected chi connectivity index (χ4v) is 3.69. The minimum absolute atomic E-state index is 0.308. The number of hydrogen-bond acceptors (Lipinski definition) is 4. The Morgan fingerprint density at radius 2 is 1.77 bits per heavy atom. The van der Waals surface area contributed by atoms with Gasteiger partial charge in [-0.3, -0.25) is 4.90 Å². The minimum atomic E-state index is -0.308. The molecule has 0 spiro atoms. The standard InChI is InChI=1S/C21H21ClN2O2/c1-15-11-20-18(13-19(15)22)16(12-21(25)26-20)14-23-7-9-24(10-8-23)17-5-3-2-4-6-17/h2-6,11-13H,7-10,14H2,1H3. The molecule has 2 aromatic carbocycles. The topological polar surface area (TPSA) is 36.7 Å². The van der Waals surface area contributed by atoms with Crippen molar-refractivity contribution in [2.24, 2.45) is 0 Å². The number of nitrogens with zero attached hydrogens (tertiary/aromatic N) is 2. The molecule has 0 saturated carbocycles. The van der Waals surface area contributed by atoms with Gasteiger partial charge in [0.2, 0.25) is 0 Å². The van der Waals surface area contributed by atoms with E-state index in [1.807, 2.05) is 25.1 Å². The maximum Gasteiger partial charge on any atom is 0.336 e. The van der Waals surface area contributed by atoms with E-state index in [2.05, 4.69) is 34.1 Å². The molecule has 0 radical (unpaired) electrons. The van der Waals surface area contributed by atoms with Crippen molar-refractivity contribution in [2.45, 2.75) is 13.5 Å². The number of fused-ring (bicyclic) bond motifs is 1. The molecule has 3 aromatic rings. The minimum Gasteiger partial charge on any atom is -0.423 e. The van der Waals surface area contributed by atoms with Crippen LogP contribution in [0.2, 0.25) is 5.02 Å². The molecule has 1 aromatic heterocycles. The van der Waals surface area contributed by atoms with Crippen molar-refractivity contribution in [3.63, 3.8) is 0 Å². The lowest BCUT2D eigenvalue weighted by molar-refractivity contribution is 0.250. The molecule has 5 heteroatoms. The van der Waals surface area contributed by atoms with E-state index in [1.165, 1.54) is 5.69 Å². The van der Waals surface area contributed by atoms with Crippen LogP contribution in [0.3, 0.4) is 0 Å². The van der Waals surface area contributed by atoms with Gasteiger partial charge in [-0.05, 0) is 42.3 Å². The van der Waals surface area contributed by atoms with E-state index in [0.717, 1.165) is 49.2 Å². The zero-order chi connectivity index (χ0) is 18.1. The number of aryl methyl sites for hydroxylation is 1. The summed E-state index contributed by atoms with van der Waals surface area (Å²) in [6, 6.07) is 15.8. The lowest BCUT2D eigenvalue weighted by Crippen LogP contribution is -2.46. The zero-order valence-electron chi connectivity index (χ0n) is 14.7. The van der Waals surface area contributed by atoms with Gasteiger partial charge in [-0.25, -0.2) is 4.79 Å². The number of benzene rings is 2. The second-order valence-electron chi connectivity index (χ2n) is 6.79. The molecule has 0 N–H and O–H groups in total. The van der Waals surface area contributed by atoms with E-state index in [0.29, 0.717) is 10.6 Å². The smallest absolute Gasteiger partial charge is 0.336 e. The molecule has 1 aliphatic heterocycles. The van der Waals surface area contributed by atoms with Gasteiger partial charge in [0.1, 0.15) is 5.58 Å². The van der Waals surface area contributed by atoms with Crippen LogP contribution >= 0.6 is 11.6 Å². The normalized spacial score (nSPS) is 15.5. The summed E-state index contributed by atoms with van der Waals surface area (Å²) in [6.07, 6.45) is 0. The highest BCUT2D eigenvalue weighted by atomic mass is 35.5. The molecule has 134 valence electrons. The second-order valence-corrected chi connectivity index (χ2v) is 7.19. The Labute approximate surface area is 157 Å². The number of rotatable bonds is 3. The molecule has 0 atom stereocenters. The number of hydrogen-bond donors (Lipinski definition) is 0. The van der Waals surface area contributed by atoms with Crippen LogP contribution < -0.4 is 10.5 Å². The van der Waals surface area contributed by atoms with Crippen LogP contribution in [0.25, 0.3) is 11.0 Å². The fraction of sp³-hybridized carbons (Fsp3) is 0.286. The van der Waals surface area contributed by atoms with Crippen LogP contribution in [-0.4, -0.2) is 31.1 Å². The highest BCUT2D eigenvalue weighted by molar-refractivity contribution is 6.32. The lowest BCUT2D eigenvalue weighted by Gasteiger charge is -2.36. The first kappa shape index (κ1) is 17.1. The summed E-state index contributed by atoms with van der Waals surface area (Å²) in [5.41, 5.74) is 3.46. The molecule has 4 nitrogen and oxygen atoms in total. The Bertz CT molecular complexity index is 976. The van der Waals surface area contributed by atoms with Gasteiger partial charge in [-0.15, -0.1) is 0 Å². The Hall–Kier alpha value is -2.30. The Morgan fingerprint density at radius 1 is 1.04 bits per heavy atom. The van der Waals surface area contributed by atoms with E-state index in [1.54, 1.807) is 6.07 Å². The molecule has 0 amide bonds. The van der Waals surface area contributed by atoms with Gasteiger partial charge in [0.05, 0.1) is 0 Å². The quantitative estimate of drug-likeness (QED) is 0.653. The van der Waals surface area contributed by atoms with Gasteiger partial charge in [0.15, 0.2) is 0 Å². The molecule has 2 heterocycles. The summed E-state index contributed by atoms with van der Waals surface area (Å²) in [7, 11) is 0. The highest BCUT2D eigenvalue weighted by Gasteiger charge is 2.19. The predicted octanol–water partition coefficient (Wildman–Crippen LogP) is 4.08. The third-order valence-electron chi connectivity index (χ3n) is 5.00. The number of halogens is 1. The van der Waals surface area contributed by atoms with Crippen LogP contribution in [-0.2, 0) is 6.54 Å². The van der Waals surface area contributed by atoms with E-state index in [9.17, 15) is 4.79 Å². The SMILES string of the molecule is Cc1cc2oc(=O)cc(CN3CCN(c4ccccc4)CC3)c2cc1Cl. The van der Waals surface area contributed by atoms with Gasteiger partial charge in [0.25, 0.3) is 0 Å². The fourth-order valence-electron chi connectivity index (χ4n) is 3.52. The number of para-hydroxylation sites is 1. The molecule has 26 heavy (non-hydrogen) atoms. The first-order valence-electron chi connectivity index (χ1n) is 8.85. The Kier molecular flexibility index (Phi) is 4.70. The van der Waals surface area contributed by atoms with Gasteiger partial charge in [0, 0.05) is 54.9 Å². The summed E-state index contributed by atoms with van der Waals surface area (Å²) >= 11 is 6.29. The van der Waals surface area contributed by atoms with Crippen LogP contribution in [0.4, 0.5) is 5.69 Å². The van der Waals surface area contributed by atoms with Crippen molar-refractivity contribution in [2.75, 3.05) is 31.1 Å². The molecule has 1 aliphatic rings. The van der Waals surface area contributed by atoms with Crippen molar-refractivity contribution in [3.8, 4) is 0 Å². The van der Waals surface area contributed by atoms with Crippen molar-refractivity contribution < 1.29 is 4.42 Å². The number of piperazine rings is 1. The van der Waals surface area contributed by atoms with Crippen LogP contribution in [0, 0.1) is 6.92 Å². The molecular formula is C21H21ClN2O2. The maximum atomic E-state index is 12.0. The van der Waals surface area contributed by atoms with Crippen LogP contribution in [0.1, 0.15) is 11.1 Å². The van der Waals surface area contributed by atoms with Crippen molar-refractivity contribution in [3.05, 3.63) is 75.1 Å². The average molecular weight is 369 g/mol. The van der Waals surface area contributed by atoms with Crippen LogP contribution in [0.15, 0.2) is 57.7 Å². The summed E-state index contributed by atoms with van der Waals surface area (Å²) in [5, 5.41) is 1.62. The largest absolute Gasteiger partial charge is 0.423 e. The summed E-state index contributed by atoms with van der Waals surface area (Å²) in [5.74, 6) is 0. The van der Waals surface area contributed by atoms with Gasteiger partial charge >= 0.3 is 5.63 Å². The molecule has 1 saturated heterocycles. The van der Waals surface area contributed by atoms with E-state index in [-0.39, 0.29) is 5.63 Å². The van der Waals surface area contributed by atoms with Crippen molar-refractivity contribution in [1.29, 1.82) is 0 Å². The van der Waals surface area contributed by atoms with E-state index >= 15 is 0 Å². The third-order valence-corrected chi connectivity index (χ3v) is 5.40. The maximum absolute atomic E-state index is 12.0. The summed E-state index contributed by atoms with van der Waals surface area (Å²) in [6.45, 7) is 6.50. The van der Waals surface area contributed by atoms with E-state index < -0.39 is 0 Å². The molecule has 0 aliphatic carbocycles. The Morgan fingerprint density at radius 3 is 2.50 bits per heavy atom.